The number of hydrazone groups is 1. The molecule has 6 heteroatoms. The van der Waals surface area contributed by atoms with Gasteiger partial charge in [-0.1, -0.05) is 18.2 Å². The van der Waals surface area contributed by atoms with Crippen LogP contribution in [-0.2, 0) is 0 Å². The molecule has 0 saturated heterocycles. The molecule has 0 unspecified atom stereocenters. The van der Waals surface area contributed by atoms with Gasteiger partial charge in [0.1, 0.15) is 5.75 Å². The second kappa shape index (κ2) is 8.22. The zero-order chi connectivity index (χ0) is 19.4. The first-order chi connectivity index (χ1) is 13.0. The highest BCUT2D eigenvalue weighted by Gasteiger charge is 2.11. The quantitative estimate of drug-likeness (QED) is 0.478. The van der Waals surface area contributed by atoms with Crippen LogP contribution < -0.4 is 10.2 Å². The topological polar surface area (TPSA) is 55.6 Å². The van der Waals surface area contributed by atoms with Crippen molar-refractivity contribution in [1.29, 1.82) is 0 Å². The summed E-state index contributed by atoms with van der Waals surface area (Å²) < 4.78 is 8.30. The Morgan fingerprint density at radius 1 is 1.15 bits per heavy atom. The van der Waals surface area contributed by atoms with Crippen LogP contribution in [0.25, 0.3) is 5.69 Å². The van der Waals surface area contributed by atoms with Crippen LogP contribution in [0.4, 0.5) is 0 Å². The number of methoxy groups -OCH3 is 1. The number of benzene rings is 2. The number of amides is 1. The van der Waals surface area contributed by atoms with Gasteiger partial charge in [-0.25, -0.2) is 5.43 Å². The fraction of sp³-hybridized carbons (Fsp3) is 0.143. The van der Waals surface area contributed by atoms with Crippen molar-refractivity contribution < 1.29 is 9.53 Å². The number of hydrogen-bond donors (Lipinski definition) is 1. The maximum atomic E-state index is 12.2. The first kappa shape index (κ1) is 18.9. The van der Waals surface area contributed by atoms with Crippen LogP contribution >= 0.6 is 15.9 Å². The monoisotopic (exact) mass is 425 g/mol. The number of carbonyl (C=O) groups is 1. The smallest absolute Gasteiger partial charge is 0.271 e. The minimum absolute atomic E-state index is 0.287. The molecule has 27 heavy (non-hydrogen) atoms. The molecule has 0 aliphatic heterocycles. The number of halogens is 1. The fourth-order valence-electron chi connectivity index (χ4n) is 2.91. The average Bonchev–Trinajstić information content (AvgIpc) is 2.95. The number of ether oxygens (including phenoxy) is 1. The van der Waals surface area contributed by atoms with Gasteiger partial charge in [-0.15, -0.1) is 0 Å². The number of aryl methyl sites for hydroxylation is 1. The van der Waals surface area contributed by atoms with E-state index in [9.17, 15) is 4.79 Å². The van der Waals surface area contributed by atoms with Crippen LogP contribution in [0.2, 0.25) is 0 Å². The second-order valence-corrected chi connectivity index (χ2v) is 6.90. The lowest BCUT2D eigenvalue weighted by atomic mass is 10.2. The zero-order valence-corrected chi connectivity index (χ0v) is 16.9. The van der Waals surface area contributed by atoms with E-state index in [1.165, 1.54) is 0 Å². The lowest BCUT2D eigenvalue weighted by Crippen LogP contribution is -2.17. The summed E-state index contributed by atoms with van der Waals surface area (Å²) >= 11 is 3.60. The van der Waals surface area contributed by atoms with Gasteiger partial charge in [0.05, 0.1) is 19.0 Å². The SMILES string of the molecule is COc1cccc(C(=O)N/N=C\c2cc(C)n(-c3ccccc3Br)c2C)c1. The molecule has 0 radical (unpaired) electrons. The summed E-state index contributed by atoms with van der Waals surface area (Å²) in [5, 5.41) is 4.11. The van der Waals surface area contributed by atoms with E-state index in [1.54, 1.807) is 37.6 Å². The Morgan fingerprint density at radius 2 is 1.93 bits per heavy atom. The summed E-state index contributed by atoms with van der Waals surface area (Å²) in [6.07, 6.45) is 1.66. The third-order valence-corrected chi connectivity index (χ3v) is 4.94. The molecule has 3 aromatic rings. The van der Waals surface area contributed by atoms with E-state index in [4.69, 9.17) is 4.74 Å². The van der Waals surface area contributed by atoms with E-state index in [0.29, 0.717) is 11.3 Å². The maximum Gasteiger partial charge on any atom is 0.271 e. The molecule has 0 spiro atoms. The van der Waals surface area contributed by atoms with Gasteiger partial charge in [0.2, 0.25) is 0 Å². The minimum atomic E-state index is -0.287. The van der Waals surface area contributed by atoms with Gasteiger partial charge in [0, 0.05) is 27.0 Å². The van der Waals surface area contributed by atoms with E-state index in [1.807, 2.05) is 38.1 Å². The molecule has 1 heterocycles. The lowest BCUT2D eigenvalue weighted by Gasteiger charge is -2.11. The van der Waals surface area contributed by atoms with E-state index in [0.717, 1.165) is 27.1 Å². The van der Waals surface area contributed by atoms with Gasteiger partial charge in [0.25, 0.3) is 5.91 Å². The van der Waals surface area contributed by atoms with Crippen molar-refractivity contribution in [2.24, 2.45) is 5.10 Å². The van der Waals surface area contributed by atoms with Crippen molar-refractivity contribution in [3.8, 4) is 11.4 Å². The van der Waals surface area contributed by atoms with Gasteiger partial charge in [-0.3, -0.25) is 4.79 Å². The highest BCUT2D eigenvalue weighted by atomic mass is 79.9. The third kappa shape index (κ3) is 4.11. The lowest BCUT2D eigenvalue weighted by molar-refractivity contribution is 0.0955. The number of aromatic nitrogens is 1. The molecule has 2 aromatic carbocycles. The standard InChI is InChI=1S/C21H20BrN3O2/c1-14-11-17(15(2)25(14)20-10-5-4-9-19(20)22)13-23-24-21(26)16-7-6-8-18(12-16)27-3/h4-13H,1-3H3,(H,24,26)/b23-13-. The van der Waals surface area contributed by atoms with Crippen LogP contribution in [0.3, 0.4) is 0 Å². The molecule has 1 N–H and O–H groups in total. The Morgan fingerprint density at radius 3 is 2.67 bits per heavy atom. The first-order valence-electron chi connectivity index (χ1n) is 8.42. The Bertz CT molecular complexity index is 1010. The predicted octanol–water partition coefficient (Wildman–Crippen LogP) is 4.63. The Kier molecular flexibility index (Phi) is 5.76. The molecule has 1 aromatic heterocycles. The van der Waals surface area contributed by atoms with E-state index in [-0.39, 0.29) is 5.91 Å². The molecule has 0 bridgehead atoms. The molecular formula is C21H20BrN3O2. The van der Waals surface area contributed by atoms with Crippen LogP contribution in [0.5, 0.6) is 5.75 Å². The zero-order valence-electron chi connectivity index (χ0n) is 15.4. The largest absolute Gasteiger partial charge is 0.497 e. The number of hydrogen-bond acceptors (Lipinski definition) is 3. The third-order valence-electron chi connectivity index (χ3n) is 4.27. The van der Waals surface area contributed by atoms with Crippen LogP contribution in [0.15, 0.2) is 64.2 Å². The van der Waals surface area contributed by atoms with Crippen molar-refractivity contribution in [2.75, 3.05) is 7.11 Å². The number of nitrogens with one attached hydrogen (secondary N) is 1. The van der Waals surface area contributed by atoms with Gasteiger partial charge in [-0.05, 0) is 66.2 Å². The van der Waals surface area contributed by atoms with Gasteiger partial charge < -0.3 is 9.30 Å². The van der Waals surface area contributed by atoms with Crippen molar-refractivity contribution in [3.63, 3.8) is 0 Å². The van der Waals surface area contributed by atoms with Crippen molar-refractivity contribution in [3.05, 3.63) is 81.6 Å². The van der Waals surface area contributed by atoms with Crippen molar-refractivity contribution in [1.82, 2.24) is 9.99 Å². The molecule has 5 nitrogen and oxygen atoms in total. The van der Waals surface area contributed by atoms with Gasteiger partial charge in [0.15, 0.2) is 0 Å². The molecule has 0 fully saturated rings. The number of nitrogens with zero attached hydrogens (tertiary/aromatic N) is 2. The minimum Gasteiger partial charge on any atom is -0.497 e. The molecule has 0 saturated carbocycles. The maximum absolute atomic E-state index is 12.2. The molecule has 0 aliphatic rings. The summed E-state index contributed by atoms with van der Waals surface area (Å²) in [6, 6.07) is 17.0. The van der Waals surface area contributed by atoms with E-state index < -0.39 is 0 Å². The molecule has 0 aliphatic carbocycles. The number of rotatable bonds is 5. The Balaban J connectivity index is 1.79. The van der Waals surface area contributed by atoms with E-state index in [2.05, 4.69) is 37.1 Å². The molecule has 0 atom stereocenters. The Hall–Kier alpha value is -2.86. The van der Waals surface area contributed by atoms with Crippen LogP contribution in [0.1, 0.15) is 27.3 Å². The highest BCUT2D eigenvalue weighted by molar-refractivity contribution is 9.10. The van der Waals surface area contributed by atoms with Crippen LogP contribution in [0, 0.1) is 13.8 Å². The average molecular weight is 426 g/mol. The van der Waals surface area contributed by atoms with Gasteiger partial charge >= 0.3 is 0 Å². The summed E-state index contributed by atoms with van der Waals surface area (Å²) in [7, 11) is 1.57. The summed E-state index contributed by atoms with van der Waals surface area (Å²) in [5.41, 5.74) is 7.18. The van der Waals surface area contributed by atoms with Crippen molar-refractivity contribution in [2.45, 2.75) is 13.8 Å². The molecule has 3 rings (SSSR count). The Labute approximate surface area is 166 Å². The molecule has 138 valence electrons. The van der Waals surface area contributed by atoms with E-state index >= 15 is 0 Å². The first-order valence-corrected chi connectivity index (χ1v) is 9.22. The number of para-hydroxylation sites is 1. The molecular weight excluding hydrogens is 406 g/mol. The predicted molar refractivity (Wildman–Crippen MR) is 111 cm³/mol. The second-order valence-electron chi connectivity index (χ2n) is 6.04. The molecule has 1 amide bonds. The van der Waals surface area contributed by atoms with Crippen molar-refractivity contribution >= 4 is 28.1 Å². The summed E-state index contributed by atoms with van der Waals surface area (Å²) in [5.74, 6) is 0.341. The normalized spacial score (nSPS) is 11.0. The van der Waals surface area contributed by atoms with Crippen LogP contribution in [-0.4, -0.2) is 23.8 Å². The number of carbonyl (C=O) groups excluding carboxylic acids is 1. The van der Waals surface area contributed by atoms with Gasteiger partial charge in [-0.2, -0.15) is 5.10 Å². The summed E-state index contributed by atoms with van der Waals surface area (Å²) in [4.78, 5) is 12.2. The highest BCUT2D eigenvalue weighted by Crippen LogP contribution is 2.26. The summed E-state index contributed by atoms with van der Waals surface area (Å²) in [6.45, 7) is 4.07. The fourth-order valence-corrected chi connectivity index (χ4v) is 3.37.